The Morgan fingerprint density at radius 3 is 3.25 bits per heavy atom. The molecule has 0 bridgehead atoms. The van der Waals surface area contributed by atoms with Crippen molar-refractivity contribution in [1.82, 2.24) is 15.2 Å². The zero-order valence-electron chi connectivity index (χ0n) is 9.60. The van der Waals surface area contributed by atoms with Gasteiger partial charge in [0, 0.05) is 44.7 Å². The van der Waals surface area contributed by atoms with Gasteiger partial charge in [-0.2, -0.15) is 0 Å². The van der Waals surface area contributed by atoms with Crippen molar-refractivity contribution in [2.45, 2.75) is 18.9 Å². The van der Waals surface area contributed by atoms with Crippen LogP contribution >= 0.6 is 0 Å². The van der Waals surface area contributed by atoms with Crippen LogP contribution in [0.5, 0.6) is 0 Å². The molecule has 1 aromatic rings. The molecular formula is C12H20N4. The minimum atomic E-state index is 0.527. The zero-order valence-corrected chi connectivity index (χ0v) is 9.60. The summed E-state index contributed by atoms with van der Waals surface area (Å²) in [6.45, 7) is 3.68. The molecule has 4 heteroatoms. The highest BCUT2D eigenvalue weighted by molar-refractivity contribution is 5.15. The lowest BCUT2D eigenvalue weighted by molar-refractivity contribution is 0.238. The molecule has 88 valence electrons. The van der Waals surface area contributed by atoms with Gasteiger partial charge in [-0.3, -0.25) is 9.88 Å². The molecule has 1 unspecified atom stereocenters. The average Bonchev–Trinajstić information content (AvgIpc) is 2.79. The largest absolute Gasteiger partial charge is 0.329 e. The number of nitrogens with zero attached hydrogens (tertiary/aromatic N) is 2. The fraction of sp³-hybridized carbons (Fsp3) is 0.583. The maximum Gasteiger partial charge on any atom is 0.0486 e. The van der Waals surface area contributed by atoms with Gasteiger partial charge in [0.1, 0.15) is 0 Å². The van der Waals surface area contributed by atoms with Gasteiger partial charge in [0.05, 0.1) is 0 Å². The van der Waals surface area contributed by atoms with Gasteiger partial charge in [-0.05, 0) is 24.5 Å². The molecule has 1 fully saturated rings. The van der Waals surface area contributed by atoms with Gasteiger partial charge in [0.2, 0.25) is 0 Å². The first kappa shape index (κ1) is 11.5. The van der Waals surface area contributed by atoms with E-state index in [4.69, 9.17) is 5.73 Å². The van der Waals surface area contributed by atoms with Gasteiger partial charge in [-0.15, -0.1) is 0 Å². The lowest BCUT2D eigenvalue weighted by atomic mass is 10.1. The molecule has 16 heavy (non-hydrogen) atoms. The van der Waals surface area contributed by atoms with Gasteiger partial charge in [-0.25, -0.2) is 0 Å². The number of pyridine rings is 1. The lowest BCUT2D eigenvalue weighted by Crippen LogP contribution is -2.36. The summed E-state index contributed by atoms with van der Waals surface area (Å²) in [5, 5.41) is 3.36. The fourth-order valence-corrected chi connectivity index (χ4v) is 2.29. The van der Waals surface area contributed by atoms with Crippen molar-refractivity contribution in [1.29, 1.82) is 0 Å². The highest BCUT2D eigenvalue weighted by atomic mass is 15.3. The van der Waals surface area contributed by atoms with Crippen molar-refractivity contribution in [3.8, 4) is 0 Å². The second-order valence-electron chi connectivity index (χ2n) is 4.20. The van der Waals surface area contributed by atoms with Crippen LogP contribution in [-0.2, 0) is 0 Å². The Morgan fingerprint density at radius 1 is 1.56 bits per heavy atom. The van der Waals surface area contributed by atoms with E-state index >= 15 is 0 Å². The lowest BCUT2D eigenvalue weighted by Gasteiger charge is -2.24. The summed E-state index contributed by atoms with van der Waals surface area (Å²) in [5.74, 6) is 0. The Bertz CT molecular complexity index is 301. The Kier molecular flexibility index (Phi) is 4.27. The van der Waals surface area contributed by atoms with Crippen molar-refractivity contribution in [3.63, 3.8) is 0 Å². The van der Waals surface area contributed by atoms with Gasteiger partial charge >= 0.3 is 0 Å². The zero-order chi connectivity index (χ0) is 11.2. The van der Waals surface area contributed by atoms with Gasteiger partial charge in [0.25, 0.3) is 0 Å². The molecule has 2 rings (SSSR count). The number of nitrogens with one attached hydrogen (secondary N) is 1. The molecule has 2 heterocycles. The van der Waals surface area contributed by atoms with Crippen molar-refractivity contribution in [2.75, 3.05) is 26.3 Å². The highest BCUT2D eigenvalue weighted by Gasteiger charge is 2.25. The van der Waals surface area contributed by atoms with Crippen LogP contribution in [-0.4, -0.2) is 36.2 Å². The van der Waals surface area contributed by atoms with E-state index in [1.807, 2.05) is 18.5 Å². The molecule has 0 radical (unpaired) electrons. The average molecular weight is 220 g/mol. The van der Waals surface area contributed by atoms with Crippen molar-refractivity contribution < 1.29 is 0 Å². The van der Waals surface area contributed by atoms with Crippen LogP contribution in [0, 0.1) is 0 Å². The van der Waals surface area contributed by atoms with E-state index in [-0.39, 0.29) is 0 Å². The monoisotopic (exact) mass is 220 g/mol. The van der Waals surface area contributed by atoms with E-state index < -0.39 is 0 Å². The predicted octanol–water partition coefficient (Wildman–Crippen LogP) is 0.724. The third-order valence-corrected chi connectivity index (χ3v) is 3.07. The molecule has 1 aromatic heterocycles. The summed E-state index contributed by atoms with van der Waals surface area (Å²) >= 11 is 0. The first-order valence-corrected chi connectivity index (χ1v) is 5.96. The van der Waals surface area contributed by atoms with Gasteiger partial charge in [0.15, 0.2) is 0 Å². The Balaban J connectivity index is 1.93. The van der Waals surface area contributed by atoms with Crippen molar-refractivity contribution >= 4 is 0 Å². The smallest absolute Gasteiger partial charge is 0.0486 e. The van der Waals surface area contributed by atoms with Crippen LogP contribution in [0.15, 0.2) is 24.5 Å². The summed E-state index contributed by atoms with van der Waals surface area (Å²) in [6.07, 6.45) is 6.31. The van der Waals surface area contributed by atoms with E-state index in [2.05, 4.69) is 21.3 Å². The van der Waals surface area contributed by atoms with E-state index in [0.29, 0.717) is 12.6 Å². The molecule has 4 nitrogen and oxygen atoms in total. The molecule has 0 aromatic carbocycles. The quantitative estimate of drug-likeness (QED) is 0.718. The standard InChI is InChI=1S/C12H20N4/c13-5-7-15-10-16-8-2-4-12(16)11-3-1-6-14-9-11/h1,3,6,9,12,15H,2,4-5,7-8,10,13H2. The normalized spacial score (nSPS) is 21.4. The number of rotatable bonds is 5. The number of nitrogens with two attached hydrogens (primary N) is 1. The summed E-state index contributed by atoms with van der Waals surface area (Å²) in [4.78, 5) is 6.66. The molecule has 0 saturated carbocycles. The first-order chi connectivity index (χ1) is 7.92. The van der Waals surface area contributed by atoms with Crippen molar-refractivity contribution in [2.24, 2.45) is 5.73 Å². The van der Waals surface area contributed by atoms with E-state index in [1.165, 1.54) is 18.4 Å². The van der Waals surface area contributed by atoms with Crippen LogP contribution in [0.1, 0.15) is 24.4 Å². The molecule has 1 saturated heterocycles. The van der Waals surface area contributed by atoms with E-state index in [9.17, 15) is 0 Å². The highest BCUT2D eigenvalue weighted by Crippen LogP contribution is 2.30. The SMILES string of the molecule is NCCNCN1CCCC1c1cccnc1. The maximum absolute atomic E-state index is 5.47. The number of hydrogen-bond donors (Lipinski definition) is 2. The van der Waals surface area contributed by atoms with Crippen LogP contribution in [0.2, 0.25) is 0 Å². The summed E-state index contributed by atoms with van der Waals surface area (Å²) in [7, 11) is 0. The minimum absolute atomic E-state index is 0.527. The molecular weight excluding hydrogens is 200 g/mol. The number of aromatic nitrogens is 1. The molecule has 1 aliphatic rings. The van der Waals surface area contributed by atoms with Crippen LogP contribution < -0.4 is 11.1 Å². The van der Waals surface area contributed by atoms with E-state index in [0.717, 1.165) is 19.8 Å². The molecule has 0 aliphatic carbocycles. The second-order valence-corrected chi connectivity index (χ2v) is 4.20. The Labute approximate surface area is 96.8 Å². The van der Waals surface area contributed by atoms with Crippen LogP contribution in [0.25, 0.3) is 0 Å². The van der Waals surface area contributed by atoms with Crippen LogP contribution in [0.4, 0.5) is 0 Å². The summed E-state index contributed by atoms with van der Waals surface area (Å²) < 4.78 is 0. The minimum Gasteiger partial charge on any atom is -0.329 e. The molecule has 1 atom stereocenters. The topological polar surface area (TPSA) is 54.2 Å². The van der Waals surface area contributed by atoms with Crippen molar-refractivity contribution in [3.05, 3.63) is 30.1 Å². The van der Waals surface area contributed by atoms with Gasteiger partial charge < -0.3 is 11.1 Å². The fourth-order valence-electron chi connectivity index (χ4n) is 2.29. The third-order valence-electron chi connectivity index (χ3n) is 3.07. The summed E-state index contributed by atoms with van der Waals surface area (Å²) in [6, 6.07) is 4.71. The third kappa shape index (κ3) is 2.78. The molecule has 1 aliphatic heterocycles. The predicted molar refractivity (Wildman–Crippen MR) is 64.8 cm³/mol. The Morgan fingerprint density at radius 2 is 2.50 bits per heavy atom. The molecule has 0 spiro atoms. The second kappa shape index (κ2) is 5.94. The Hall–Kier alpha value is -0.970. The summed E-state index contributed by atoms with van der Waals surface area (Å²) in [5.41, 5.74) is 6.80. The van der Waals surface area contributed by atoms with Crippen LogP contribution in [0.3, 0.4) is 0 Å². The van der Waals surface area contributed by atoms with E-state index in [1.54, 1.807) is 0 Å². The number of likely N-dealkylation sites (tertiary alicyclic amines) is 1. The number of hydrogen-bond acceptors (Lipinski definition) is 4. The maximum atomic E-state index is 5.47. The molecule has 0 amide bonds. The first-order valence-electron chi connectivity index (χ1n) is 5.96. The molecule has 3 N–H and O–H groups in total. The van der Waals surface area contributed by atoms with Gasteiger partial charge in [-0.1, -0.05) is 6.07 Å².